The summed E-state index contributed by atoms with van der Waals surface area (Å²) < 4.78 is 0. The highest BCUT2D eigenvalue weighted by Crippen LogP contribution is 2.25. The van der Waals surface area contributed by atoms with Gasteiger partial charge in [-0.05, 0) is 119 Å². The van der Waals surface area contributed by atoms with Crippen LogP contribution in [-0.2, 0) is 0 Å². The molecule has 0 aliphatic rings. The summed E-state index contributed by atoms with van der Waals surface area (Å²) in [5.41, 5.74) is 7.03. The maximum absolute atomic E-state index is 4.64. The van der Waals surface area contributed by atoms with Crippen molar-refractivity contribution in [3.05, 3.63) is 146 Å². The summed E-state index contributed by atoms with van der Waals surface area (Å²) in [6.45, 7) is 38.2. The van der Waals surface area contributed by atoms with Crippen molar-refractivity contribution < 1.29 is 0 Å². The topological polar surface area (TPSA) is 48.8 Å². The quantitative estimate of drug-likeness (QED) is 0.157. The minimum Gasteiger partial charge on any atom is -0.359 e. The molecule has 41 heavy (non-hydrogen) atoms. The van der Waals surface area contributed by atoms with E-state index >= 15 is 0 Å². The van der Waals surface area contributed by atoms with Crippen LogP contribution in [0.2, 0.25) is 0 Å². The summed E-state index contributed by atoms with van der Waals surface area (Å²) in [7, 11) is 0. The average Bonchev–Trinajstić information content (AvgIpc) is 2.88. The molecule has 0 radical (unpaired) electrons. The lowest BCUT2D eigenvalue weighted by molar-refractivity contribution is 0.517. The van der Waals surface area contributed by atoms with E-state index in [1.54, 1.807) is 24.3 Å². The van der Waals surface area contributed by atoms with Gasteiger partial charge in [0, 0.05) is 34.2 Å². The monoisotopic (exact) mass is 552 g/mol. The van der Waals surface area contributed by atoms with Crippen molar-refractivity contribution in [3.63, 3.8) is 0 Å². The summed E-state index contributed by atoms with van der Waals surface area (Å²) >= 11 is 0. The summed E-state index contributed by atoms with van der Waals surface area (Å²) in [6.07, 6.45) is 24.6. The van der Waals surface area contributed by atoms with Gasteiger partial charge in [-0.2, -0.15) is 0 Å². The predicted molar refractivity (Wildman–Crippen MR) is 186 cm³/mol. The van der Waals surface area contributed by atoms with Crippen molar-refractivity contribution >= 4 is 11.4 Å². The number of aliphatic imine (C=N–C) groups is 2. The minimum absolute atomic E-state index is 0.0183. The molecule has 0 spiro atoms. The molecule has 0 aliphatic heterocycles. The van der Waals surface area contributed by atoms with Gasteiger partial charge in [0.15, 0.2) is 0 Å². The third-order valence-corrected chi connectivity index (χ3v) is 5.36. The Hall–Kier alpha value is -4.18. The van der Waals surface area contributed by atoms with Crippen LogP contribution in [0, 0.1) is 5.41 Å². The first-order valence-corrected chi connectivity index (χ1v) is 13.8. The van der Waals surface area contributed by atoms with Gasteiger partial charge in [0.25, 0.3) is 0 Å². The van der Waals surface area contributed by atoms with Gasteiger partial charge in [-0.15, -0.1) is 0 Å². The van der Waals surface area contributed by atoms with E-state index in [0.717, 1.165) is 45.5 Å². The Labute approximate surface area is 250 Å². The lowest BCUT2D eigenvalue weighted by atomic mass is 9.86. The average molecular weight is 553 g/mol. The van der Waals surface area contributed by atoms with Crippen molar-refractivity contribution in [3.8, 4) is 0 Å². The van der Waals surface area contributed by atoms with Crippen molar-refractivity contribution in [1.82, 2.24) is 10.6 Å². The maximum Gasteiger partial charge on any atom is 0.0627 e. The SMILES string of the molecule is C=CC(/C=C\C(C)=NC(C)(C)C)=N/C(C)=C/C=C(\C=C)N/C(C=C)=C/C=C(\C)N/C(C=C)=C/C=C(\C=C)C(C)(C)C. The van der Waals surface area contributed by atoms with E-state index in [1.165, 1.54) is 0 Å². The number of nitrogens with one attached hydrogen (secondary N) is 2. The molecule has 0 aromatic carbocycles. The molecule has 0 rings (SSSR count). The lowest BCUT2D eigenvalue weighted by Crippen LogP contribution is -2.11. The first-order chi connectivity index (χ1) is 19.1. The zero-order chi connectivity index (χ0) is 31.6. The van der Waals surface area contributed by atoms with E-state index in [4.69, 9.17) is 0 Å². The van der Waals surface area contributed by atoms with Gasteiger partial charge in [0.2, 0.25) is 0 Å². The molecule has 0 saturated carbocycles. The molecule has 0 bridgehead atoms. The molecule has 0 aromatic heterocycles. The fourth-order valence-electron chi connectivity index (χ4n) is 3.31. The first kappa shape index (κ1) is 36.8. The van der Waals surface area contributed by atoms with Crippen LogP contribution in [0.25, 0.3) is 0 Å². The number of rotatable bonds is 15. The highest BCUT2D eigenvalue weighted by molar-refractivity contribution is 6.08. The van der Waals surface area contributed by atoms with Gasteiger partial charge < -0.3 is 10.6 Å². The molecule has 0 atom stereocenters. The molecule has 0 heterocycles. The largest absolute Gasteiger partial charge is 0.359 e. The number of nitrogens with zero attached hydrogens (tertiary/aromatic N) is 2. The molecule has 0 unspecified atom stereocenters. The predicted octanol–water partition coefficient (Wildman–Crippen LogP) is 9.78. The molecule has 0 fully saturated rings. The van der Waals surface area contributed by atoms with Crippen LogP contribution in [0.1, 0.15) is 62.3 Å². The third-order valence-electron chi connectivity index (χ3n) is 5.36. The van der Waals surface area contributed by atoms with Gasteiger partial charge in [0.05, 0.1) is 11.3 Å². The third kappa shape index (κ3) is 17.2. The second-order valence-electron chi connectivity index (χ2n) is 11.5. The number of hydrogen-bond acceptors (Lipinski definition) is 4. The molecular weight excluding hydrogens is 500 g/mol. The highest BCUT2D eigenvalue weighted by atomic mass is 14.9. The van der Waals surface area contributed by atoms with E-state index in [1.807, 2.05) is 69.4 Å². The van der Waals surface area contributed by atoms with E-state index in [-0.39, 0.29) is 11.0 Å². The summed E-state index contributed by atoms with van der Waals surface area (Å²) in [5, 5.41) is 6.72. The molecular formula is C37H52N4. The lowest BCUT2D eigenvalue weighted by Gasteiger charge is -2.19. The zero-order valence-electron chi connectivity index (χ0n) is 26.9. The first-order valence-electron chi connectivity index (χ1n) is 13.8. The van der Waals surface area contributed by atoms with E-state index < -0.39 is 0 Å². The van der Waals surface area contributed by atoms with Gasteiger partial charge in [-0.1, -0.05) is 65.8 Å². The second-order valence-corrected chi connectivity index (χ2v) is 11.5. The van der Waals surface area contributed by atoms with Crippen LogP contribution in [0.5, 0.6) is 0 Å². The van der Waals surface area contributed by atoms with Crippen LogP contribution in [-0.4, -0.2) is 17.0 Å². The molecule has 4 heteroatoms. The van der Waals surface area contributed by atoms with Crippen LogP contribution in [0.3, 0.4) is 0 Å². The Morgan fingerprint density at radius 2 is 1.10 bits per heavy atom. The Kier molecular flexibility index (Phi) is 16.4. The molecule has 220 valence electrons. The van der Waals surface area contributed by atoms with Gasteiger partial charge >= 0.3 is 0 Å². The van der Waals surface area contributed by atoms with E-state index in [9.17, 15) is 0 Å². The van der Waals surface area contributed by atoms with Crippen LogP contribution in [0.15, 0.2) is 156 Å². The maximum atomic E-state index is 4.64. The molecule has 0 aliphatic carbocycles. The normalized spacial score (nSPS) is 15.5. The molecule has 0 saturated heterocycles. The number of hydrogen-bond donors (Lipinski definition) is 2. The van der Waals surface area contributed by atoms with Crippen molar-refractivity contribution in [1.29, 1.82) is 0 Å². The molecule has 0 amide bonds. The standard InChI is InChI=1S/C37H52N4/c1-15-31(36(9,10)11)23-27-33(17-3)39-29(7)21-25-35(19-5)40-34(18-4)24-20-28(6)38-32(16-2)26-22-30(8)41-37(12,13)14/h15-27,39-40H,1-5H2,6-14H3/b26-22-,28-20+,29-21+,31-23+,33-27+,34-24+,35-25+,38-32-,41-30?. The summed E-state index contributed by atoms with van der Waals surface area (Å²) in [6, 6.07) is 0. The summed E-state index contributed by atoms with van der Waals surface area (Å²) in [5.74, 6) is 0. The Morgan fingerprint density at radius 1 is 0.585 bits per heavy atom. The fraction of sp³-hybridized carbons (Fsp3) is 0.297. The van der Waals surface area contributed by atoms with Gasteiger partial charge in [-0.3, -0.25) is 9.98 Å². The summed E-state index contributed by atoms with van der Waals surface area (Å²) in [4.78, 5) is 9.28. The van der Waals surface area contributed by atoms with Gasteiger partial charge in [-0.25, -0.2) is 0 Å². The Morgan fingerprint density at radius 3 is 1.56 bits per heavy atom. The minimum atomic E-state index is -0.122. The molecule has 0 aromatic rings. The van der Waals surface area contributed by atoms with Crippen LogP contribution >= 0.6 is 0 Å². The van der Waals surface area contributed by atoms with Gasteiger partial charge in [0.1, 0.15) is 0 Å². The fourth-order valence-corrected chi connectivity index (χ4v) is 3.31. The Balaban J connectivity index is 5.75. The van der Waals surface area contributed by atoms with Crippen LogP contribution < -0.4 is 10.6 Å². The Bertz CT molecular complexity index is 1230. The smallest absolute Gasteiger partial charge is 0.0627 e. The van der Waals surface area contributed by atoms with Crippen LogP contribution in [0.4, 0.5) is 0 Å². The molecule has 4 nitrogen and oxygen atoms in total. The van der Waals surface area contributed by atoms with E-state index in [2.05, 4.69) is 101 Å². The van der Waals surface area contributed by atoms with Crippen molar-refractivity contribution in [2.24, 2.45) is 15.4 Å². The van der Waals surface area contributed by atoms with E-state index in [0.29, 0.717) is 0 Å². The van der Waals surface area contributed by atoms with Crippen molar-refractivity contribution in [2.75, 3.05) is 0 Å². The zero-order valence-corrected chi connectivity index (χ0v) is 26.9. The second kappa shape index (κ2) is 18.2. The number of allylic oxidation sites excluding steroid dienone is 16. The molecule has 2 N–H and O–H groups in total. The van der Waals surface area contributed by atoms with Crippen molar-refractivity contribution in [2.45, 2.75) is 67.9 Å². The highest BCUT2D eigenvalue weighted by Gasteiger charge is 2.13.